The number of fused-ring (bicyclic) bond motifs is 1. The second kappa shape index (κ2) is 9.26. The minimum absolute atomic E-state index is 0.123. The maximum Gasteiger partial charge on any atom is 0.262 e. The third kappa shape index (κ3) is 4.23. The standard InChI is InChI=1S/C26H22N4O2S/c31-22-13-12-21-23(19-8-3-1-4-9-19)24(25(32)28-14-7-16-29-17-15-27-18-29)33-26(21)30(22)20-10-5-2-6-11-20/h1-6,8-13,15,17-18H,7,14,16H2,(H,28,32). The normalized spacial score (nSPS) is 11.0. The quantitative estimate of drug-likeness (QED) is 0.361. The number of rotatable bonds is 7. The largest absolute Gasteiger partial charge is 0.351 e. The summed E-state index contributed by atoms with van der Waals surface area (Å²) in [6.07, 6.45) is 6.21. The second-order valence-electron chi connectivity index (χ2n) is 7.64. The summed E-state index contributed by atoms with van der Waals surface area (Å²) >= 11 is 1.35. The Kier molecular flexibility index (Phi) is 5.87. The number of aryl methyl sites for hydroxylation is 1. The van der Waals surface area contributed by atoms with Crippen LogP contribution in [0.15, 0.2) is 96.3 Å². The third-order valence-corrected chi connectivity index (χ3v) is 6.65. The van der Waals surface area contributed by atoms with Crippen molar-refractivity contribution in [1.29, 1.82) is 0 Å². The highest BCUT2D eigenvalue weighted by Gasteiger charge is 2.22. The van der Waals surface area contributed by atoms with Crippen molar-refractivity contribution in [3.63, 3.8) is 0 Å². The summed E-state index contributed by atoms with van der Waals surface area (Å²) in [6, 6.07) is 22.8. The zero-order valence-electron chi connectivity index (χ0n) is 17.8. The van der Waals surface area contributed by atoms with E-state index in [0.717, 1.165) is 40.0 Å². The SMILES string of the molecule is O=C(NCCCn1ccnc1)c1sc2c(ccc(=O)n2-c2ccccc2)c1-c1ccccc1. The fourth-order valence-corrected chi connectivity index (χ4v) is 5.17. The Morgan fingerprint density at radius 1 is 0.970 bits per heavy atom. The number of para-hydroxylation sites is 1. The molecule has 0 bridgehead atoms. The van der Waals surface area contributed by atoms with Crippen LogP contribution in [-0.4, -0.2) is 26.6 Å². The van der Waals surface area contributed by atoms with Crippen LogP contribution in [0.1, 0.15) is 16.1 Å². The van der Waals surface area contributed by atoms with Gasteiger partial charge in [0.15, 0.2) is 0 Å². The van der Waals surface area contributed by atoms with Crippen LogP contribution in [0, 0.1) is 0 Å². The fraction of sp³-hybridized carbons (Fsp3) is 0.115. The van der Waals surface area contributed by atoms with Gasteiger partial charge in [0.2, 0.25) is 0 Å². The number of imidazole rings is 1. The van der Waals surface area contributed by atoms with Crippen LogP contribution in [0.25, 0.3) is 27.0 Å². The van der Waals surface area contributed by atoms with Gasteiger partial charge in [0.25, 0.3) is 11.5 Å². The summed E-state index contributed by atoms with van der Waals surface area (Å²) in [6.45, 7) is 1.33. The van der Waals surface area contributed by atoms with Gasteiger partial charge in [0.1, 0.15) is 9.71 Å². The van der Waals surface area contributed by atoms with E-state index in [1.165, 1.54) is 11.3 Å². The molecule has 0 atom stereocenters. The molecule has 0 spiro atoms. The number of aromatic nitrogens is 3. The van der Waals surface area contributed by atoms with Crippen LogP contribution in [-0.2, 0) is 6.54 Å². The molecule has 3 heterocycles. The number of carbonyl (C=O) groups is 1. The lowest BCUT2D eigenvalue weighted by molar-refractivity contribution is 0.0957. The lowest BCUT2D eigenvalue weighted by Crippen LogP contribution is -2.24. The summed E-state index contributed by atoms with van der Waals surface area (Å²) in [5.41, 5.74) is 2.46. The minimum atomic E-state index is -0.132. The molecule has 33 heavy (non-hydrogen) atoms. The van der Waals surface area contributed by atoms with E-state index in [4.69, 9.17) is 0 Å². The van der Waals surface area contributed by atoms with Gasteiger partial charge in [-0.1, -0.05) is 48.5 Å². The Morgan fingerprint density at radius 3 is 2.45 bits per heavy atom. The van der Waals surface area contributed by atoms with Crippen molar-refractivity contribution in [1.82, 2.24) is 19.4 Å². The molecule has 3 aromatic heterocycles. The predicted octanol–water partition coefficient (Wildman–Crippen LogP) is 4.74. The molecule has 0 saturated carbocycles. The number of thiophene rings is 1. The number of nitrogens with zero attached hydrogens (tertiary/aromatic N) is 3. The van der Waals surface area contributed by atoms with Gasteiger partial charge >= 0.3 is 0 Å². The molecule has 164 valence electrons. The molecule has 6 nitrogen and oxygen atoms in total. The first-order chi connectivity index (χ1) is 16.2. The second-order valence-corrected chi connectivity index (χ2v) is 8.64. The number of amides is 1. The van der Waals surface area contributed by atoms with Crippen LogP contribution in [0.4, 0.5) is 0 Å². The molecule has 0 unspecified atom stereocenters. The van der Waals surface area contributed by atoms with Gasteiger partial charge in [-0.3, -0.25) is 14.2 Å². The number of carbonyl (C=O) groups excluding carboxylic acids is 1. The van der Waals surface area contributed by atoms with Gasteiger partial charge in [-0.05, 0) is 30.2 Å². The first-order valence-corrected chi connectivity index (χ1v) is 11.6. The topological polar surface area (TPSA) is 68.9 Å². The summed E-state index contributed by atoms with van der Waals surface area (Å²) in [5, 5.41) is 3.94. The number of nitrogens with one attached hydrogen (secondary N) is 1. The van der Waals surface area contributed by atoms with Crippen molar-refractivity contribution < 1.29 is 4.79 Å². The molecule has 1 N–H and O–H groups in total. The Balaban J connectivity index is 1.55. The number of hydrogen-bond donors (Lipinski definition) is 1. The molecule has 5 aromatic rings. The van der Waals surface area contributed by atoms with E-state index in [-0.39, 0.29) is 11.5 Å². The summed E-state index contributed by atoms with van der Waals surface area (Å²) in [5.74, 6) is -0.132. The van der Waals surface area contributed by atoms with Crippen molar-refractivity contribution in [2.45, 2.75) is 13.0 Å². The van der Waals surface area contributed by atoms with E-state index in [2.05, 4.69) is 10.3 Å². The van der Waals surface area contributed by atoms with Crippen molar-refractivity contribution in [3.8, 4) is 16.8 Å². The highest BCUT2D eigenvalue weighted by molar-refractivity contribution is 7.21. The Morgan fingerprint density at radius 2 is 1.73 bits per heavy atom. The van der Waals surface area contributed by atoms with Gasteiger partial charge < -0.3 is 9.88 Å². The summed E-state index contributed by atoms with van der Waals surface area (Å²) in [4.78, 5) is 31.5. The van der Waals surface area contributed by atoms with Crippen LogP contribution in [0.5, 0.6) is 0 Å². The average Bonchev–Trinajstić information content (AvgIpc) is 3.51. The molecule has 0 aliphatic rings. The van der Waals surface area contributed by atoms with Gasteiger partial charge in [0, 0.05) is 42.5 Å². The molecule has 0 radical (unpaired) electrons. The maximum absolute atomic E-state index is 13.3. The third-order valence-electron chi connectivity index (χ3n) is 5.46. The fourth-order valence-electron chi connectivity index (χ4n) is 3.92. The van der Waals surface area contributed by atoms with Gasteiger partial charge in [-0.25, -0.2) is 4.98 Å². The van der Waals surface area contributed by atoms with E-state index in [1.807, 2.05) is 77.5 Å². The summed E-state index contributed by atoms with van der Waals surface area (Å²) in [7, 11) is 0. The molecule has 0 fully saturated rings. The Bertz CT molecular complexity index is 1440. The van der Waals surface area contributed by atoms with Gasteiger partial charge in [0.05, 0.1) is 12.0 Å². The number of benzene rings is 2. The van der Waals surface area contributed by atoms with Crippen LogP contribution in [0.3, 0.4) is 0 Å². The molecule has 1 amide bonds. The van der Waals surface area contributed by atoms with E-state index >= 15 is 0 Å². The van der Waals surface area contributed by atoms with Gasteiger partial charge in [-0.2, -0.15) is 0 Å². The highest BCUT2D eigenvalue weighted by atomic mass is 32.1. The first-order valence-electron chi connectivity index (χ1n) is 10.8. The first kappa shape index (κ1) is 20.9. The van der Waals surface area contributed by atoms with E-state index in [0.29, 0.717) is 11.4 Å². The monoisotopic (exact) mass is 454 g/mol. The van der Waals surface area contributed by atoms with E-state index < -0.39 is 0 Å². The van der Waals surface area contributed by atoms with Crippen molar-refractivity contribution in [2.24, 2.45) is 0 Å². The average molecular weight is 455 g/mol. The van der Waals surface area contributed by atoms with Gasteiger partial charge in [-0.15, -0.1) is 11.3 Å². The minimum Gasteiger partial charge on any atom is -0.351 e. The number of pyridine rings is 1. The van der Waals surface area contributed by atoms with Crippen molar-refractivity contribution in [2.75, 3.05) is 6.54 Å². The van der Waals surface area contributed by atoms with Crippen molar-refractivity contribution >= 4 is 27.5 Å². The highest BCUT2D eigenvalue weighted by Crippen LogP contribution is 2.38. The summed E-state index contributed by atoms with van der Waals surface area (Å²) < 4.78 is 3.67. The van der Waals surface area contributed by atoms with E-state index in [9.17, 15) is 9.59 Å². The van der Waals surface area contributed by atoms with Crippen LogP contribution < -0.4 is 10.9 Å². The van der Waals surface area contributed by atoms with Crippen molar-refractivity contribution in [3.05, 3.63) is 107 Å². The van der Waals surface area contributed by atoms with Crippen LogP contribution >= 0.6 is 11.3 Å². The van der Waals surface area contributed by atoms with Crippen LogP contribution in [0.2, 0.25) is 0 Å². The zero-order valence-corrected chi connectivity index (χ0v) is 18.7. The molecule has 0 aliphatic carbocycles. The Hall–Kier alpha value is -3.97. The molecule has 0 aliphatic heterocycles. The molecular weight excluding hydrogens is 432 g/mol. The molecule has 7 heteroatoms. The molecule has 5 rings (SSSR count). The Labute approximate surface area is 194 Å². The zero-order chi connectivity index (χ0) is 22.6. The lowest BCUT2D eigenvalue weighted by Gasteiger charge is -2.08. The van der Waals surface area contributed by atoms with E-state index in [1.54, 1.807) is 23.2 Å². The number of hydrogen-bond acceptors (Lipinski definition) is 4. The smallest absolute Gasteiger partial charge is 0.262 e. The predicted molar refractivity (Wildman–Crippen MR) is 132 cm³/mol. The molecule has 0 saturated heterocycles. The molecular formula is C26H22N4O2S. The lowest BCUT2D eigenvalue weighted by atomic mass is 10.0. The maximum atomic E-state index is 13.3. The molecule has 2 aromatic carbocycles.